The molecule has 0 aliphatic heterocycles. The first-order valence-corrected chi connectivity index (χ1v) is 6.16. The molecule has 1 saturated carbocycles. The molecule has 0 radical (unpaired) electrons. The molecule has 4 heteroatoms. The molecule has 0 saturated heterocycles. The molecule has 17 heavy (non-hydrogen) atoms. The Morgan fingerprint density at radius 3 is 2.76 bits per heavy atom. The summed E-state index contributed by atoms with van der Waals surface area (Å²) in [6.07, 6.45) is 12.5. The van der Waals surface area contributed by atoms with E-state index in [1.165, 1.54) is 32.1 Å². The van der Waals surface area contributed by atoms with Crippen molar-refractivity contribution < 1.29 is 4.79 Å². The predicted molar refractivity (Wildman–Crippen MR) is 64.2 cm³/mol. The third-order valence-electron chi connectivity index (χ3n) is 3.59. The van der Waals surface area contributed by atoms with Crippen molar-refractivity contribution in [2.45, 2.75) is 38.0 Å². The number of rotatable bonds is 2. The van der Waals surface area contributed by atoms with Crippen LogP contribution in [0, 0.1) is 0 Å². The van der Waals surface area contributed by atoms with Gasteiger partial charge in [-0.3, -0.25) is 14.2 Å². The molecule has 1 aliphatic rings. The van der Waals surface area contributed by atoms with Crippen LogP contribution in [0.25, 0.3) is 5.65 Å². The van der Waals surface area contributed by atoms with Gasteiger partial charge >= 0.3 is 0 Å². The van der Waals surface area contributed by atoms with Crippen molar-refractivity contribution in [2.75, 3.05) is 0 Å². The van der Waals surface area contributed by atoms with Gasteiger partial charge in [0.15, 0.2) is 11.9 Å². The van der Waals surface area contributed by atoms with Crippen molar-refractivity contribution in [3.63, 3.8) is 0 Å². The van der Waals surface area contributed by atoms with E-state index in [9.17, 15) is 4.79 Å². The van der Waals surface area contributed by atoms with E-state index in [2.05, 4.69) is 9.97 Å². The molecule has 4 nitrogen and oxygen atoms in total. The maximum absolute atomic E-state index is 10.9. The van der Waals surface area contributed by atoms with Crippen LogP contribution in [-0.4, -0.2) is 20.7 Å². The van der Waals surface area contributed by atoms with E-state index in [-0.39, 0.29) is 0 Å². The lowest BCUT2D eigenvalue weighted by atomic mass is 9.87. The van der Waals surface area contributed by atoms with Gasteiger partial charge in [-0.25, -0.2) is 4.98 Å². The predicted octanol–water partition coefficient (Wildman–Crippen LogP) is 2.59. The number of carbonyl (C=O) groups is 1. The minimum atomic E-state index is 0.551. The molecule has 3 rings (SSSR count). The molecular formula is C13H15N3O. The number of nitrogens with zero attached hydrogens (tertiary/aromatic N) is 3. The number of hydrogen-bond donors (Lipinski definition) is 0. The fraction of sp³-hybridized carbons (Fsp3) is 0.462. The summed E-state index contributed by atoms with van der Waals surface area (Å²) in [6.45, 7) is 0. The fourth-order valence-corrected chi connectivity index (χ4v) is 2.62. The Labute approximate surface area is 99.7 Å². The summed E-state index contributed by atoms with van der Waals surface area (Å²) in [5.41, 5.74) is 2.43. The highest BCUT2D eigenvalue weighted by molar-refractivity contribution is 5.73. The monoisotopic (exact) mass is 229 g/mol. The standard InChI is InChI=1S/C13H15N3O/c17-9-11-6-15-13-7-14-12(8-16(11)13)10-4-2-1-3-5-10/h6-10H,1-5H2. The van der Waals surface area contributed by atoms with Crippen LogP contribution in [0.5, 0.6) is 0 Å². The average molecular weight is 229 g/mol. The number of hydrogen-bond acceptors (Lipinski definition) is 3. The van der Waals surface area contributed by atoms with E-state index in [4.69, 9.17) is 0 Å². The molecule has 1 aliphatic carbocycles. The summed E-state index contributed by atoms with van der Waals surface area (Å²) in [7, 11) is 0. The van der Waals surface area contributed by atoms with Crippen molar-refractivity contribution in [3.05, 3.63) is 30.0 Å². The summed E-state index contributed by atoms with van der Waals surface area (Å²) < 4.78 is 1.84. The number of carbonyl (C=O) groups excluding carboxylic acids is 1. The van der Waals surface area contributed by atoms with Gasteiger partial charge in [-0.1, -0.05) is 19.3 Å². The van der Waals surface area contributed by atoms with E-state index in [0.717, 1.165) is 17.6 Å². The van der Waals surface area contributed by atoms with Gasteiger partial charge in [-0.05, 0) is 12.8 Å². The van der Waals surface area contributed by atoms with Crippen molar-refractivity contribution in [2.24, 2.45) is 0 Å². The summed E-state index contributed by atoms with van der Waals surface area (Å²) in [5, 5.41) is 0. The third kappa shape index (κ3) is 1.84. The number of aromatic nitrogens is 3. The zero-order chi connectivity index (χ0) is 11.7. The van der Waals surface area contributed by atoms with E-state index >= 15 is 0 Å². The van der Waals surface area contributed by atoms with Gasteiger partial charge in [0, 0.05) is 12.1 Å². The van der Waals surface area contributed by atoms with Gasteiger partial charge in [-0.15, -0.1) is 0 Å². The fourth-order valence-electron chi connectivity index (χ4n) is 2.62. The largest absolute Gasteiger partial charge is 0.296 e. The van der Waals surface area contributed by atoms with Crippen LogP contribution in [0.15, 0.2) is 18.6 Å². The summed E-state index contributed by atoms with van der Waals surface area (Å²) in [4.78, 5) is 19.5. The molecule has 0 N–H and O–H groups in total. The zero-order valence-corrected chi connectivity index (χ0v) is 9.67. The number of fused-ring (bicyclic) bond motifs is 1. The second-order valence-electron chi connectivity index (χ2n) is 4.68. The lowest BCUT2D eigenvalue weighted by Crippen LogP contribution is -2.08. The van der Waals surface area contributed by atoms with Gasteiger partial charge in [-0.2, -0.15) is 0 Å². The molecule has 0 spiro atoms. The lowest BCUT2D eigenvalue weighted by molar-refractivity contribution is 0.111. The third-order valence-corrected chi connectivity index (χ3v) is 3.59. The molecule has 2 aromatic heterocycles. The molecular weight excluding hydrogens is 214 g/mol. The Morgan fingerprint density at radius 2 is 2.00 bits per heavy atom. The Hall–Kier alpha value is -1.71. The maximum atomic E-state index is 10.9. The Morgan fingerprint density at radius 1 is 1.18 bits per heavy atom. The minimum absolute atomic E-state index is 0.551. The Kier molecular flexibility index (Phi) is 2.63. The molecule has 0 amide bonds. The first kappa shape index (κ1) is 10.4. The van der Waals surface area contributed by atoms with E-state index in [1.54, 1.807) is 12.4 Å². The Bertz CT molecular complexity index is 541. The smallest absolute Gasteiger partial charge is 0.168 e. The first-order valence-electron chi connectivity index (χ1n) is 6.16. The highest BCUT2D eigenvalue weighted by Crippen LogP contribution is 2.31. The molecule has 88 valence electrons. The number of aldehydes is 1. The highest BCUT2D eigenvalue weighted by Gasteiger charge is 2.17. The summed E-state index contributed by atoms with van der Waals surface area (Å²) in [5.74, 6) is 0.551. The zero-order valence-electron chi connectivity index (χ0n) is 9.67. The van der Waals surface area contributed by atoms with Gasteiger partial charge in [0.2, 0.25) is 0 Å². The van der Waals surface area contributed by atoms with Gasteiger partial charge in [0.1, 0.15) is 5.69 Å². The van der Waals surface area contributed by atoms with E-state index < -0.39 is 0 Å². The molecule has 0 atom stereocenters. The molecule has 0 aromatic carbocycles. The summed E-state index contributed by atoms with van der Waals surface area (Å²) in [6, 6.07) is 0. The molecule has 2 heterocycles. The highest BCUT2D eigenvalue weighted by atomic mass is 16.1. The van der Waals surface area contributed by atoms with Gasteiger partial charge in [0.05, 0.1) is 18.1 Å². The second-order valence-corrected chi connectivity index (χ2v) is 4.68. The Balaban J connectivity index is 2.01. The van der Waals surface area contributed by atoms with Crippen LogP contribution in [0.3, 0.4) is 0 Å². The van der Waals surface area contributed by atoms with Crippen molar-refractivity contribution >= 4 is 11.9 Å². The van der Waals surface area contributed by atoms with E-state index in [1.807, 2.05) is 10.6 Å². The molecule has 1 fully saturated rings. The van der Waals surface area contributed by atoms with Crippen molar-refractivity contribution in [1.82, 2.24) is 14.4 Å². The topological polar surface area (TPSA) is 47.3 Å². The maximum Gasteiger partial charge on any atom is 0.168 e. The molecule has 0 bridgehead atoms. The van der Waals surface area contributed by atoms with Crippen LogP contribution >= 0.6 is 0 Å². The quantitative estimate of drug-likeness (QED) is 0.743. The average Bonchev–Trinajstić information content (AvgIpc) is 2.81. The van der Waals surface area contributed by atoms with Gasteiger partial charge < -0.3 is 0 Å². The number of imidazole rings is 1. The second kappa shape index (κ2) is 4.28. The van der Waals surface area contributed by atoms with Gasteiger partial charge in [0.25, 0.3) is 0 Å². The molecule has 0 unspecified atom stereocenters. The first-order chi connectivity index (χ1) is 8.38. The van der Waals surface area contributed by atoms with Crippen LogP contribution in [0.4, 0.5) is 0 Å². The van der Waals surface area contributed by atoms with E-state index in [0.29, 0.717) is 11.6 Å². The van der Waals surface area contributed by atoms with Crippen LogP contribution in [0.1, 0.15) is 54.2 Å². The van der Waals surface area contributed by atoms with Crippen LogP contribution in [0.2, 0.25) is 0 Å². The SMILES string of the molecule is O=Cc1cnc2cnc(C3CCCCC3)cn12. The normalized spacial score (nSPS) is 17.4. The van der Waals surface area contributed by atoms with Crippen LogP contribution < -0.4 is 0 Å². The molecule has 2 aromatic rings. The minimum Gasteiger partial charge on any atom is -0.296 e. The van der Waals surface area contributed by atoms with Crippen molar-refractivity contribution in [3.8, 4) is 0 Å². The summed E-state index contributed by atoms with van der Waals surface area (Å²) >= 11 is 0. The van der Waals surface area contributed by atoms with Crippen molar-refractivity contribution in [1.29, 1.82) is 0 Å². The lowest BCUT2D eigenvalue weighted by Gasteiger charge is -2.20. The van der Waals surface area contributed by atoms with Crippen LogP contribution in [-0.2, 0) is 0 Å².